The van der Waals surface area contributed by atoms with E-state index in [-0.39, 0.29) is 26.2 Å². The van der Waals surface area contributed by atoms with Crippen molar-refractivity contribution in [3.8, 4) is 0 Å². The van der Waals surface area contributed by atoms with E-state index in [1.54, 1.807) is 20.8 Å². The molecular formula is C17H21F2N3O5. The zero-order valence-electron chi connectivity index (χ0n) is 15.3. The Morgan fingerprint density at radius 2 is 1.59 bits per heavy atom. The second-order valence-electron chi connectivity index (χ2n) is 7.17. The Morgan fingerprint density at radius 3 is 2.04 bits per heavy atom. The van der Waals surface area contributed by atoms with Crippen molar-refractivity contribution in [2.45, 2.75) is 32.8 Å². The summed E-state index contributed by atoms with van der Waals surface area (Å²) in [6.07, 6.45) is -1.04. The van der Waals surface area contributed by atoms with Crippen molar-refractivity contribution in [3.05, 3.63) is 39.4 Å². The van der Waals surface area contributed by atoms with Crippen LogP contribution in [0.1, 0.15) is 26.3 Å². The highest BCUT2D eigenvalue weighted by Crippen LogP contribution is 2.22. The number of rotatable bonds is 3. The number of halogens is 2. The molecule has 0 bridgehead atoms. The van der Waals surface area contributed by atoms with E-state index in [0.717, 1.165) is 0 Å². The first-order valence-corrected chi connectivity index (χ1v) is 8.36. The molecule has 0 radical (unpaired) electrons. The van der Waals surface area contributed by atoms with Gasteiger partial charge in [-0.2, -0.15) is 0 Å². The van der Waals surface area contributed by atoms with E-state index in [9.17, 15) is 28.5 Å². The lowest BCUT2D eigenvalue weighted by molar-refractivity contribution is -0.385. The van der Waals surface area contributed by atoms with Crippen molar-refractivity contribution in [2.24, 2.45) is 0 Å². The Balaban J connectivity index is 1.97. The zero-order valence-corrected chi connectivity index (χ0v) is 15.3. The van der Waals surface area contributed by atoms with Gasteiger partial charge in [0.25, 0.3) is 5.69 Å². The summed E-state index contributed by atoms with van der Waals surface area (Å²) < 4.78 is 33.1. The Hall–Kier alpha value is -2.78. The molecule has 27 heavy (non-hydrogen) atoms. The average molecular weight is 385 g/mol. The van der Waals surface area contributed by atoms with Crippen molar-refractivity contribution in [3.63, 3.8) is 0 Å². The Kier molecular flexibility index (Phi) is 5.97. The number of nitrogens with zero attached hydrogens (tertiary/aromatic N) is 3. The number of piperazine rings is 1. The molecule has 0 spiro atoms. The van der Waals surface area contributed by atoms with E-state index in [1.807, 2.05) is 0 Å². The molecule has 1 aromatic rings. The third-order valence-corrected chi connectivity index (χ3v) is 3.95. The number of hydrogen-bond donors (Lipinski definition) is 0. The predicted octanol–water partition coefficient (Wildman–Crippen LogP) is 2.49. The van der Waals surface area contributed by atoms with E-state index in [0.29, 0.717) is 12.1 Å². The molecule has 1 aromatic carbocycles. The molecule has 1 heterocycles. The summed E-state index contributed by atoms with van der Waals surface area (Å²) in [6.45, 7) is 6.13. The smallest absolute Gasteiger partial charge is 0.410 e. The lowest BCUT2D eigenvalue weighted by Gasteiger charge is -2.35. The average Bonchev–Trinajstić information content (AvgIpc) is 2.56. The maximum atomic E-state index is 13.9. The van der Waals surface area contributed by atoms with Gasteiger partial charge in [0.2, 0.25) is 5.91 Å². The predicted molar refractivity (Wildman–Crippen MR) is 91.1 cm³/mol. The van der Waals surface area contributed by atoms with E-state index >= 15 is 0 Å². The lowest BCUT2D eigenvalue weighted by atomic mass is 10.1. The van der Waals surface area contributed by atoms with Crippen LogP contribution in [0.25, 0.3) is 0 Å². The molecular weight excluding hydrogens is 364 g/mol. The van der Waals surface area contributed by atoms with Gasteiger partial charge in [-0.05, 0) is 20.8 Å². The number of carbonyl (C=O) groups is 2. The highest BCUT2D eigenvalue weighted by atomic mass is 19.1. The van der Waals surface area contributed by atoms with Gasteiger partial charge in [0.1, 0.15) is 17.2 Å². The molecule has 1 saturated heterocycles. The van der Waals surface area contributed by atoms with Crippen LogP contribution in [-0.2, 0) is 16.0 Å². The van der Waals surface area contributed by atoms with E-state index in [4.69, 9.17) is 4.74 Å². The number of non-ortho nitro benzene ring substituents is 1. The molecule has 0 unspecified atom stereocenters. The van der Waals surface area contributed by atoms with E-state index in [2.05, 4.69) is 0 Å². The zero-order chi connectivity index (χ0) is 20.4. The molecule has 0 aliphatic carbocycles. The highest BCUT2D eigenvalue weighted by Gasteiger charge is 2.28. The quantitative estimate of drug-likeness (QED) is 0.589. The highest BCUT2D eigenvalue weighted by molar-refractivity contribution is 5.79. The van der Waals surface area contributed by atoms with E-state index < -0.39 is 51.8 Å². The summed E-state index contributed by atoms with van der Waals surface area (Å²) in [7, 11) is 0. The van der Waals surface area contributed by atoms with Crippen LogP contribution in [0, 0.1) is 21.7 Å². The molecule has 0 N–H and O–H groups in total. The molecule has 0 aromatic heterocycles. The fourth-order valence-electron chi connectivity index (χ4n) is 2.59. The summed E-state index contributed by atoms with van der Waals surface area (Å²) in [5.41, 5.74) is -1.86. The molecule has 2 amide bonds. The number of amides is 2. The maximum Gasteiger partial charge on any atom is 0.410 e. The first-order chi connectivity index (χ1) is 12.5. The summed E-state index contributed by atoms with van der Waals surface area (Å²) in [4.78, 5) is 36.9. The number of benzene rings is 1. The largest absolute Gasteiger partial charge is 0.444 e. The Bertz CT molecular complexity index is 732. The van der Waals surface area contributed by atoms with Gasteiger partial charge in [-0.3, -0.25) is 14.9 Å². The van der Waals surface area contributed by atoms with Gasteiger partial charge in [-0.25, -0.2) is 13.6 Å². The standard InChI is InChI=1S/C17H21F2N3O5/c1-17(2,3)27-16(24)21-6-4-20(5-7-21)15(23)10-12-13(18)8-11(22(25)26)9-14(12)19/h8-9H,4-7,10H2,1-3H3. The molecule has 148 valence electrons. The van der Waals surface area contributed by atoms with Crippen molar-refractivity contribution in [2.75, 3.05) is 26.2 Å². The summed E-state index contributed by atoms with van der Waals surface area (Å²) in [6, 6.07) is 1.18. The summed E-state index contributed by atoms with van der Waals surface area (Å²) in [5, 5.41) is 10.6. The lowest BCUT2D eigenvalue weighted by Crippen LogP contribution is -2.52. The van der Waals surface area contributed by atoms with Crippen LogP contribution in [0.15, 0.2) is 12.1 Å². The normalized spacial score (nSPS) is 14.9. The minimum atomic E-state index is -1.14. The molecule has 1 aliphatic heterocycles. The van der Waals surface area contributed by atoms with Gasteiger partial charge in [-0.1, -0.05) is 0 Å². The molecule has 0 atom stereocenters. The number of carbonyl (C=O) groups excluding carboxylic acids is 2. The van der Waals surface area contributed by atoms with Crippen LogP contribution in [0.5, 0.6) is 0 Å². The number of nitro groups is 1. The third-order valence-electron chi connectivity index (χ3n) is 3.95. The second-order valence-corrected chi connectivity index (χ2v) is 7.17. The van der Waals surface area contributed by atoms with Crippen LogP contribution in [0.3, 0.4) is 0 Å². The van der Waals surface area contributed by atoms with Crippen molar-refractivity contribution >= 4 is 17.7 Å². The minimum absolute atomic E-state index is 0.203. The van der Waals surface area contributed by atoms with Gasteiger partial charge in [0.05, 0.1) is 23.5 Å². The molecule has 1 fully saturated rings. The summed E-state index contributed by atoms with van der Waals surface area (Å²) >= 11 is 0. The second kappa shape index (κ2) is 7.85. The topological polar surface area (TPSA) is 93.0 Å². The molecule has 2 rings (SSSR count). The van der Waals surface area contributed by atoms with Crippen LogP contribution in [-0.4, -0.2) is 58.5 Å². The fraction of sp³-hybridized carbons (Fsp3) is 0.529. The van der Waals surface area contributed by atoms with Gasteiger partial charge in [0, 0.05) is 31.7 Å². The van der Waals surface area contributed by atoms with Crippen LogP contribution in [0.2, 0.25) is 0 Å². The Morgan fingerprint density at radius 1 is 1.11 bits per heavy atom. The van der Waals surface area contributed by atoms with Crippen molar-refractivity contribution in [1.29, 1.82) is 0 Å². The van der Waals surface area contributed by atoms with Crippen LogP contribution in [0.4, 0.5) is 19.3 Å². The fourth-order valence-corrected chi connectivity index (χ4v) is 2.59. The van der Waals surface area contributed by atoms with Gasteiger partial charge in [-0.15, -0.1) is 0 Å². The monoisotopic (exact) mass is 385 g/mol. The van der Waals surface area contributed by atoms with Gasteiger partial charge in [0.15, 0.2) is 0 Å². The van der Waals surface area contributed by atoms with Gasteiger partial charge < -0.3 is 14.5 Å². The molecule has 0 saturated carbocycles. The summed E-state index contributed by atoms with van der Waals surface area (Å²) in [5.74, 6) is -2.80. The SMILES string of the molecule is CC(C)(C)OC(=O)N1CCN(C(=O)Cc2c(F)cc([N+](=O)[O-])cc2F)CC1. The number of ether oxygens (including phenoxy) is 1. The first-order valence-electron chi connectivity index (χ1n) is 8.36. The van der Waals surface area contributed by atoms with Crippen LogP contribution < -0.4 is 0 Å². The van der Waals surface area contributed by atoms with Crippen molar-refractivity contribution in [1.82, 2.24) is 9.80 Å². The van der Waals surface area contributed by atoms with Gasteiger partial charge >= 0.3 is 6.09 Å². The minimum Gasteiger partial charge on any atom is -0.444 e. The molecule has 10 heteroatoms. The maximum absolute atomic E-state index is 13.9. The molecule has 8 nitrogen and oxygen atoms in total. The van der Waals surface area contributed by atoms with E-state index in [1.165, 1.54) is 9.80 Å². The third kappa shape index (κ3) is 5.35. The number of nitro benzene ring substituents is 1. The molecule has 1 aliphatic rings. The number of hydrogen-bond acceptors (Lipinski definition) is 5. The van der Waals surface area contributed by atoms with Crippen LogP contribution >= 0.6 is 0 Å². The first kappa shape index (κ1) is 20.5. The van der Waals surface area contributed by atoms with Crippen molar-refractivity contribution < 1.29 is 28.0 Å². The Labute approximate surface area is 154 Å².